The van der Waals surface area contributed by atoms with E-state index in [-0.39, 0.29) is 6.04 Å². The fourth-order valence-corrected chi connectivity index (χ4v) is 3.41. The van der Waals surface area contributed by atoms with E-state index in [2.05, 4.69) is 65.1 Å². The van der Waals surface area contributed by atoms with Crippen LogP contribution in [0.1, 0.15) is 34.7 Å². The van der Waals surface area contributed by atoms with Crippen molar-refractivity contribution < 1.29 is 0 Å². The summed E-state index contributed by atoms with van der Waals surface area (Å²) >= 11 is 2.36. The summed E-state index contributed by atoms with van der Waals surface area (Å²) in [5.74, 6) is 0. The summed E-state index contributed by atoms with van der Waals surface area (Å²) in [4.78, 5) is 0. The Balaban J connectivity index is 1.98. The summed E-state index contributed by atoms with van der Waals surface area (Å²) in [6.07, 6.45) is 3.73. The minimum Gasteiger partial charge on any atom is -0.320 e. The molecule has 18 heavy (non-hydrogen) atoms. The molecule has 0 radical (unpaired) electrons. The number of nitrogens with two attached hydrogens (primary N) is 1. The van der Waals surface area contributed by atoms with Gasteiger partial charge in [-0.25, -0.2) is 0 Å². The van der Waals surface area contributed by atoms with Crippen LogP contribution in [0.5, 0.6) is 0 Å². The van der Waals surface area contributed by atoms with Crippen molar-refractivity contribution in [2.75, 3.05) is 0 Å². The summed E-state index contributed by atoms with van der Waals surface area (Å²) in [5.41, 5.74) is 11.9. The van der Waals surface area contributed by atoms with Crippen LogP contribution < -0.4 is 5.73 Å². The number of benzene rings is 2. The lowest BCUT2D eigenvalue weighted by Crippen LogP contribution is -2.13. The normalized spacial score (nSPS) is 15.4. The first-order chi connectivity index (χ1) is 8.75. The van der Waals surface area contributed by atoms with E-state index in [9.17, 15) is 0 Å². The van der Waals surface area contributed by atoms with Gasteiger partial charge in [-0.05, 0) is 70.2 Å². The molecule has 3 rings (SSSR count). The molecule has 0 aliphatic heterocycles. The molecule has 0 bridgehead atoms. The number of aryl methyl sites for hydroxylation is 2. The molecular weight excluding hydrogens is 333 g/mol. The maximum Gasteiger partial charge on any atom is 0.0562 e. The molecule has 1 aliphatic carbocycles. The molecule has 0 heterocycles. The van der Waals surface area contributed by atoms with Gasteiger partial charge in [0.1, 0.15) is 0 Å². The molecule has 1 nitrogen and oxygen atoms in total. The molecule has 0 saturated heterocycles. The molecule has 2 aromatic carbocycles. The van der Waals surface area contributed by atoms with Crippen molar-refractivity contribution in [2.45, 2.75) is 25.3 Å². The third-order valence-electron chi connectivity index (χ3n) is 3.72. The van der Waals surface area contributed by atoms with E-state index in [0.717, 1.165) is 0 Å². The Bertz CT molecular complexity index is 577. The molecule has 0 spiro atoms. The van der Waals surface area contributed by atoms with Gasteiger partial charge in [0, 0.05) is 3.57 Å². The van der Waals surface area contributed by atoms with E-state index in [1.165, 1.54) is 45.1 Å². The minimum atomic E-state index is -0.0102. The first kappa shape index (κ1) is 12.2. The quantitative estimate of drug-likeness (QED) is 0.820. The van der Waals surface area contributed by atoms with E-state index < -0.39 is 0 Å². The SMILES string of the molecule is NC(c1ccc2c(c1)CCC2)c1ccccc1I. The van der Waals surface area contributed by atoms with E-state index in [1.807, 2.05) is 0 Å². The number of rotatable bonds is 2. The number of hydrogen-bond donors (Lipinski definition) is 1. The van der Waals surface area contributed by atoms with Crippen molar-refractivity contribution in [3.05, 3.63) is 68.3 Å². The molecule has 1 atom stereocenters. The lowest BCUT2D eigenvalue weighted by atomic mass is 9.96. The van der Waals surface area contributed by atoms with Crippen molar-refractivity contribution in [2.24, 2.45) is 5.73 Å². The van der Waals surface area contributed by atoms with Gasteiger partial charge in [0.2, 0.25) is 0 Å². The lowest BCUT2D eigenvalue weighted by molar-refractivity contribution is 0.861. The van der Waals surface area contributed by atoms with Crippen molar-refractivity contribution in [1.29, 1.82) is 0 Å². The Morgan fingerprint density at radius 3 is 2.61 bits per heavy atom. The largest absolute Gasteiger partial charge is 0.320 e. The summed E-state index contributed by atoms with van der Waals surface area (Å²) < 4.78 is 1.24. The second-order valence-corrected chi connectivity index (χ2v) is 6.04. The van der Waals surface area contributed by atoms with Crippen LogP contribution in [0.4, 0.5) is 0 Å². The Kier molecular flexibility index (Phi) is 3.39. The van der Waals surface area contributed by atoms with Crippen LogP contribution in [0.2, 0.25) is 0 Å². The van der Waals surface area contributed by atoms with Crippen LogP contribution in [-0.2, 0) is 12.8 Å². The van der Waals surface area contributed by atoms with E-state index in [1.54, 1.807) is 0 Å². The molecule has 1 unspecified atom stereocenters. The standard InChI is InChI=1S/C16H16IN/c17-15-7-2-1-6-14(15)16(18)13-9-8-11-4-3-5-12(11)10-13/h1-2,6-10,16H,3-5,18H2. The van der Waals surface area contributed by atoms with Crippen LogP contribution in [0.15, 0.2) is 42.5 Å². The number of fused-ring (bicyclic) bond motifs is 1. The lowest BCUT2D eigenvalue weighted by Gasteiger charge is -2.15. The molecule has 0 saturated carbocycles. The van der Waals surface area contributed by atoms with Crippen LogP contribution in [0.3, 0.4) is 0 Å². The van der Waals surface area contributed by atoms with Gasteiger partial charge in [-0.15, -0.1) is 0 Å². The third kappa shape index (κ3) is 2.19. The van der Waals surface area contributed by atoms with E-state index in [4.69, 9.17) is 5.73 Å². The topological polar surface area (TPSA) is 26.0 Å². The fourth-order valence-electron chi connectivity index (χ4n) is 2.69. The van der Waals surface area contributed by atoms with Gasteiger partial charge < -0.3 is 5.73 Å². The highest BCUT2D eigenvalue weighted by atomic mass is 127. The Morgan fingerprint density at radius 2 is 1.78 bits per heavy atom. The maximum atomic E-state index is 6.41. The predicted molar refractivity (Wildman–Crippen MR) is 83.7 cm³/mol. The third-order valence-corrected chi connectivity index (χ3v) is 4.70. The van der Waals surface area contributed by atoms with Crippen molar-refractivity contribution in [3.8, 4) is 0 Å². The van der Waals surface area contributed by atoms with Crippen LogP contribution >= 0.6 is 22.6 Å². The van der Waals surface area contributed by atoms with Gasteiger partial charge in [-0.1, -0.05) is 36.4 Å². The number of hydrogen-bond acceptors (Lipinski definition) is 1. The smallest absolute Gasteiger partial charge is 0.0562 e. The van der Waals surface area contributed by atoms with Gasteiger partial charge in [0.15, 0.2) is 0 Å². The Hall–Kier alpha value is -0.870. The van der Waals surface area contributed by atoms with Gasteiger partial charge >= 0.3 is 0 Å². The highest BCUT2D eigenvalue weighted by molar-refractivity contribution is 14.1. The molecule has 2 aromatic rings. The monoisotopic (exact) mass is 349 g/mol. The van der Waals surface area contributed by atoms with Gasteiger partial charge in [0.05, 0.1) is 6.04 Å². The zero-order valence-electron chi connectivity index (χ0n) is 10.2. The van der Waals surface area contributed by atoms with Crippen LogP contribution in [-0.4, -0.2) is 0 Å². The second-order valence-electron chi connectivity index (χ2n) is 4.88. The average Bonchev–Trinajstić information content (AvgIpc) is 2.85. The van der Waals surface area contributed by atoms with Gasteiger partial charge in [0.25, 0.3) is 0 Å². The molecule has 2 N–H and O–H groups in total. The minimum absolute atomic E-state index is 0.0102. The summed E-state index contributed by atoms with van der Waals surface area (Å²) in [6.45, 7) is 0. The zero-order valence-corrected chi connectivity index (χ0v) is 12.4. The molecular formula is C16H16IN. The molecule has 0 aromatic heterocycles. The zero-order chi connectivity index (χ0) is 12.5. The van der Waals surface area contributed by atoms with Gasteiger partial charge in [-0.2, -0.15) is 0 Å². The Morgan fingerprint density at radius 1 is 1.00 bits per heavy atom. The summed E-state index contributed by atoms with van der Waals surface area (Å²) in [5, 5.41) is 0. The molecule has 0 fully saturated rings. The molecule has 92 valence electrons. The maximum absolute atomic E-state index is 6.41. The molecule has 0 amide bonds. The fraction of sp³-hybridized carbons (Fsp3) is 0.250. The Labute approximate surface area is 122 Å². The second kappa shape index (κ2) is 5.02. The summed E-state index contributed by atoms with van der Waals surface area (Å²) in [7, 11) is 0. The van der Waals surface area contributed by atoms with Crippen LogP contribution in [0.25, 0.3) is 0 Å². The predicted octanol–water partition coefficient (Wildman–Crippen LogP) is 3.83. The first-order valence-corrected chi connectivity index (χ1v) is 7.45. The van der Waals surface area contributed by atoms with E-state index in [0.29, 0.717) is 0 Å². The highest BCUT2D eigenvalue weighted by Crippen LogP contribution is 2.28. The van der Waals surface area contributed by atoms with E-state index >= 15 is 0 Å². The van der Waals surface area contributed by atoms with Gasteiger partial charge in [-0.3, -0.25) is 0 Å². The first-order valence-electron chi connectivity index (χ1n) is 6.37. The van der Waals surface area contributed by atoms with Crippen molar-refractivity contribution >= 4 is 22.6 Å². The average molecular weight is 349 g/mol. The molecule has 1 aliphatic rings. The van der Waals surface area contributed by atoms with Crippen LogP contribution in [0, 0.1) is 3.57 Å². The van der Waals surface area contributed by atoms with Crippen molar-refractivity contribution in [3.63, 3.8) is 0 Å². The highest BCUT2D eigenvalue weighted by Gasteiger charge is 2.16. The van der Waals surface area contributed by atoms with Crippen molar-refractivity contribution in [1.82, 2.24) is 0 Å². The molecule has 2 heteroatoms. The number of halogens is 1. The summed E-state index contributed by atoms with van der Waals surface area (Å²) in [6, 6.07) is 15.1.